The number of hydrogen-bond donors (Lipinski definition) is 0. The molecule has 0 amide bonds. The Morgan fingerprint density at radius 3 is 2.44 bits per heavy atom. The van der Waals surface area contributed by atoms with E-state index in [2.05, 4.69) is 0 Å². The number of methoxy groups -OCH3 is 3. The van der Waals surface area contributed by atoms with E-state index in [4.69, 9.17) is 18.7 Å². The zero-order valence-corrected chi connectivity index (χ0v) is 9.14. The highest BCUT2D eigenvalue weighted by Crippen LogP contribution is 2.34. The van der Waals surface area contributed by atoms with Gasteiger partial charge in [-0.1, -0.05) is 0 Å². The van der Waals surface area contributed by atoms with Gasteiger partial charge in [-0.05, 0) is 6.07 Å². The van der Waals surface area contributed by atoms with Crippen LogP contribution in [0.2, 0.25) is 0 Å². The smallest absolute Gasteiger partial charge is 0.435 e. The largest absolute Gasteiger partial charge is 0.497 e. The Labute approximate surface area is 91.5 Å². The van der Waals surface area contributed by atoms with Crippen LogP contribution in [-0.2, 0) is 0 Å². The topological polar surface area (TPSA) is 67.8 Å². The van der Waals surface area contributed by atoms with Crippen molar-refractivity contribution in [3.05, 3.63) is 17.3 Å². The molecule has 0 saturated carbocycles. The zero-order valence-electron chi connectivity index (χ0n) is 9.14. The van der Waals surface area contributed by atoms with E-state index in [-0.39, 0.29) is 5.88 Å². The van der Waals surface area contributed by atoms with Crippen molar-refractivity contribution in [2.24, 2.45) is 0 Å². The number of hydrogen-bond acceptors (Lipinski definition) is 5. The van der Waals surface area contributed by atoms with E-state index < -0.39 is 0 Å². The van der Waals surface area contributed by atoms with Gasteiger partial charge in [-0.25, -0.2) is 0 Å². The Bertz CT molecular complexity index is 519. The monoisotopic (exact) mass is 225 g/mol. The van der Waals surface area contributed by atoms with Crippen molar-refractivity contribution in [3.8, 4) is 17.4 Å². The van der Waals surface area contributed by atoms with Gasteiger partial charge in [0.1, 0.15) is 22.5 Å². The minimum atomic E-state index is 0.0761. The maximum atomic E-state index is 11.4. The normalized spacial score (nSPS) is 10.4. The number of nitrogens with zero attached hydrogens (tertiary/aromatic N) is 1. The molecule has 86 valence electrons. The van der Waals surface area contributed by atoms with E-state index in [0.29, 0.717) is 27.4 Å². The van der Waals surface area contributed by atoms with Gasteiger partial charge in [-0.15, -0.1) is 0 Å². The molecule has 16 heavy (non-hydrogen) atoms. The minimum Gasteiger partial charge on any atom is -0.497 e. The van der Waals surface area contributed by atoms with Gasteiger partial charge in [0.2, 0.25) is 0 Å². The second-order valence-corrected chi connectivity index (χ2v) is 3.06. The third-order valence-corrected chi connectivity index (χ3v) is 2.25. The summed E-state index contributed by atoms with van der Waals surface area (Å²) in [7, 11) is 4.40. The number of benzene rings is 1. The molecular weight excluding hydrogens is 214 g/mol. The van der Waals surface area contributed by atoms with E-state index in [0.717, 1.165) is 0 Å². The summed E-state index contributed by atoms with van der Waals surface area (Å²) in [6.07, 6.45) is 0. The van der Waals surface area contributed by atoms with Gasteiger partial charge in [0.05, 0.1) is 26.2 Å². The van der Waals surface area contributed by atoms with Crippen LogP contribution >= 0.6 is 0 Å². The van der Waals surface area contributed by atoms with E-state index in [1.54, 1.807) is 12.1 Å². The maximum absolute atomic E-state index is 11.4. The van der Waals surface area contributed by atoms with Crippen LogP contribution in [0.3, 0.4) is 0 Å². The highest BCUT2D eigenvalue weighted by molar-refractivity contribution is 5.87. The molecule has 0 bridgehead atoms. The summed E-state index contributed by atoms with van der Waals surface area (Å²) in [5.41, 5.74) is 0.329. The Balaban J connectivity index is 2.78. The van der Waals surface area contributed by atoms with Gasteiger partial charge in [0.25, 0.3) is 0 Å². The zero-order chi connectivity index (χ0) is 11.7. The first-order valence-corrected chi connectivity index (χ1v) is 4.53. The van der Waals surface area contributed by atoms with Crippen LogP contribution in [0.5, 0.6) is 17.4 Å². The average Bonchev–Trinajstić information content (AvgIpc) is 2.62. The van der Waals surface area contributed by atoms with E-state index in [1.165, 1.54) is 21.3 Å². The molecule has 0 fully saturated rings. The molecule has 1 aromatic carbocycles. The molecule has 2 rings (SSSR count). The molecule has 6 heteroatoms. The standard InChI is InChI=1S/C10H11NO5/c1-13-6-4-7-9(8(5-6)14-2)16-11(12)10(7)15-3/h4-5H,1-3H3. The van der Waals surface area contributed by atoms with Gasteiger partial charge in [0, 0.05) is 6.07 Å². The Hall–Kier alpha value is -2.11. The van der Waals surface area contributed by atoms with Gasteiger partial charge in [0.15, 0.2) is 0 Å². The number of ether oxygens (including phenoxy) is 3. The van der Waals surface area contributed by atoms with Crippen LogP contribution in [0.4, 0.5) is 0 Å². The molecule has 0 atom stereocenters. The first-order valence-electron chi connectivity index (χ1n) is 4.53. The van der Waals surface area contributed by atoms with Gasteiger partial charge in [-0.3, -0.25) is 5.21 Å². The van der Waals surface area contributed by atoms with E-state index in [9.17, 15) is 5.21 Å². The quantitative estimate of drug-likeness (QED) is 0.731. The predicted molar refractivity (Wildman–Crippen MR) is 54.8 cm³/mol. The lowest BCUT2D eigenvalue weighted by molar-refractivity contribution is -0.791. The van der Waals surface area contributed by atoms with Crippen LogP contribution < -0.4 is 19.1 Å². The summed E-state index contributed by atoms with van der Waals surface area (Å²) in [6.45, 7) is 0. The predicted octanol–water partition coefficient (Wildman–Crippen LogP) is 1.09. The fraction of sp³-hybridized carbons (Fsp3) is 0.300. The van der Waals surface area contributed by atoms with E-state index >= 15 is 0 Å². The van der Waals surface area contributed by atoms with Crippen LogP contribution in [-0.4, -0.2) is 21.3 Å². The first kappa shape index (κ1) is 10.4. The first-order chi connectivity index (χ1) is 7.71. The minimum absolute atomic E-state index is 0.0761. The Morgan fingerprint density at radius 1 is 1.12 bits per heavy atom. The molecule has 2 aromatic rings. The van der Waals surface area contributed by atoms with Crippen LogP contribution in [0.15, 0.2) is 16.7 Å². The fourth-order valence-electron chi connectivity index (χ4n) is 1.51. The number of rotatable bonds is 3. The lowest BCUT2D eigenvalue weighted by Gasteiger charge is -2.04. The third-order valence-electron chi connectivity index (χ3n) is 2.25. The Kier molecular flexibility index (Phi) is 2.47. The van der Waals surface area contributed by atoms with Crippen molar-refractivity contribution in [2.75, 3.05) is 21.3 Å². The molecule has 0 N–H and O–H groups in total. The molecule has 0 spiro atoms. The highest BCUT2D eigenvalue weighted by atomic mass is 16.7. The summed E-state index contributed by atoms with van der Waals surface area (Å²) < 4.78 is 20.1. The lowest BCUT2D eigenvalue weighted by Crippen LogP contribution is -2.24. The number of fused-ring (bicyclic) bond motifs is 1. The summed E-state index contributed by atoms with van der Waals surface area (Å²) in [5, 5.41) is 11.9. The maximum Gasteiger partial charge on any atom is 0.435 e. The van der Waals surface area contributed by atoms with Crippen molar-refractivity contribution in [1.29, 1.82) is 0 Å². The van der Waals surface area contributed by atoms with Crippen molar-refractivity contribution in [3.63, 3.8) is 0 Å². The summed E-state index contributed by atoms with van der Waals surface area (Å²) in [4.78, 5) is 0.298. The Morgan fingerprint density at radius 2 is 1.88 bits per heavy atom. The molecular formula is C10H11NO5. The van der Waals surface area contributed by atoms with Crippen LogP contribution in [0.25, 0.3) is 11.0 Å². The van der Waals surface area contributed by atoms with Crippen molar-refractivity contribution in [2.45, 2.75) is 0 Å². The summed E-state index contributed by atoms with van der Waals surface area (Å²) in [6, 6.07) is 3.28. The molecule has 6 nitrogen and oxygen atoms in total. The second kappa shape index (κ2) is 3.80. The molecule has 0 aliphatic rings. The molecule has 0 radical (unpaired) electrons. The van der Waals surface area contributed by atoms with Gasteiger partial charge >= 0.3 is 5.88 Å². The molecule has 1 heterocycles. The van der Waals surface area contributed by atoms with Crippen LogP contribution in [0, 0.1) is 5.21 Å². The highest BCUT2D eigenvalue weighted by Gasteiger charge is 2.21. The summed E-state index contributed by atoms with van der Waals surface area (Å²) in [5.74, 6) is 1.05. The van der Waals surface area contributed by atoms with Crippen LogP contribution in [0.1, 0.15) is 0 Å². The van der Waals surface area contributed by atoms with Crippen molar-refractivity contribution >= 4 is 11.0 Å². The second-order valence-electron chi connectivity index (χ2n) is 3.06. The van der Waals surface area contributed by atoms with E-state index in [1.807, 2.05) is 0 Å². The molecule has 0 saturated heterocycles. The van der Waals surface area contributed by atoms with Crippen molar-refractivity contribution in [1.82, 2.24) is 0 Å². The fourth-order valence-corrected chi connectivity index (χ4v) is 1.51. The SMILES string of the molecule is COc1cc(OC)c2o[n+]([O-])c(OC)c2c1. The van der Waals surface area contributed by atoms with Crippen molar-refractivity contribution < 1.29 is 23.6 Å². The summed E-state index contributed by atoms with van der Waals surface area (Å²) >= 11 is 0. The molecule has 0 aliphatic heterocycles. The third kappa shape index (κ3) is 1.39. The van der Waals surface area contributed by atoms with Gasteiger partial charge in [-0.2, -0.15) is 0 Å². The number of aromatic nitrogens is 1. The molecule has 1 aromatic heterocycles. The van der Waals surface area contributed by atoms with Gasteiger partial charge < -0.3 is 18.7 Å². The lowest BCUT2D eigenvalue weighted by atomic mass is 10.2. The molecule has 0 aliphatic carbocycles. The average molecular weight is 225 g/mol. The molecule has 0 unspecified atom stereocenters.